The zero-order valence-corrected chi connectivity index (χ0v) is 6.89. The highest BCUT2D eigenvalue weighted by Crippen LogP contribution is 2.13. The van der Waals surface area contributed by atoms with Crippen molar-refractivity contribution in [2.24, 2.45) is 11.7 Å². The van der Waals surface area contributed by atoms with Crippen molar-refractivity contribution in [2.45, 2.75) is 39.5 Å². The molecule has 1 unspecified atom stereocenters. The number of hydrogen-bond acceptors (Lipinski definition) is 1. The molecule has 0 rings (SSSR count). The van der Waals surface area contributed by atoms with Gasteiger partial charge in [-0.05, 0) is 5.92 Å². The quantitative estimate of drug-likeness (QED) is 0.625. The summed E-state index contributed by atoms with van der Waals surface area (Å²) in [7, 11) is 0. The maximum atomic E-state index is 10.5. The molecule has 0 fully saturated rings. The van der Waals surface area contributed by atoms with E-state index in [1.54, 1.807) is 0 Å². The molecule has 0 aromatic heterocycles. The minimum Gasteiger partial charge on any atom is -0.370 e. The summed E-state index contributed by atoms with van der Waals surface area (Å²) < 4.78 is 0. The van der Waals surface area contributed by atoms with Crippen molar-refractivity contribution in [3.05, 3.63) is 0 Å². The smallest absolute Gasteiger partial charge is 0.217 e. The van der Waals surface area contributed by atoms with Crippen LogP contribution in [0.4, 0.5) is 0 Å². The molecular formula is C8H17NO. The van der Waals surface area contributed by atoms with Crippen molar-refractivity contribution in [1.82, 2.24) is 0 Å². The summed E-state index contributed by atoms with van der Waals surface area (Å²) in [5.41, 5.74) is 5.06. The van der Waals surface area contributed by atoms with E-state index < -0.39 is 0 Å². The molecule has 0 aliphatic carbocycles. The Balaban J connectivity index is 3.49. The highest BCUT2D eigenvalue weighted by molar-refractivity contribution is 5.73. The lowest BCUT2D eigenvalue weighted by Gasteiger charge is -2.09. The van der Waals surface area contributed by atoms with Gasteiger partial charge in [0.25, 0.3) is 0 Å². The second-order valence-electron chi connectivity index (χ2n) is 2.73. The van der Waals surface area contributed by atoms with Crippen molar-refractivity contribution in [3.8, 4) is 0 Å². The second-order valence-corrected chi connectivity index (χ2v) is 2.73. The summed E-state index contributed by atoms with van der Waals surface area (Å²) in [5, 5.41) is 0. The fraction of sp³-hybridized carbons (Fsp3) is 0.875. The summed E-state index contributed by atoms with van der Waals surface area (Å²) >= 11 is 0. The average Bonchev–Trinajstić information content (AvgIpc) is 1.86. The van der Waals surface area contributed by atoms with Crippen molar-refractivity contribution < 1.29 is 4.79 Å². The molecule has 0 aromatic carbocycles. The molecule has 0 aliphatic heterocycles. The van der Waals surface area contributed by atoms with Crippen LogP contribution in [0.25, 0.3) is 0 Å². The molecule has 2 nitrogen and oxygen atoms in total. The first kappa shape index (κ1) is 9.47. The molecule has 1 atom stereocenters. The van der Waals surface area contributed by atoms with Crippen LogP contribution in [0.1, 0.15) is 39.5 Å². The maximum absolute atomic E-state index is 10.5. The molecule has 1 amide bonds. The summed E-state index contributed by atoms with van der Waals surface area (Å²) in [4.78, 5) is 10.5. The lowest BCUT2D eigenvalue weighted by atomic mass is 9.97. The van der Waals surface area contributed by atoms with Gasteiger partial charge >= 0.3 is 0 Å². The van der Waals surface area contributed by atoms with Crippen molar-refractivity contribution in [1.29, 1.82) is 0 Å². The van der Waals surface area contributed by atoms with Gasteiger partial charge in [0.15, 0.2) is 0 Å². The number of hydrogen-bond donors (Lipinski definition) is 1. The largest absolute Gasteiger partial charge is 0.370 e. The molecular weight excluding hydrogens is 126 g/mol. The van der Waals surface area contributed by atoms with Crippen LogP contribution in [-0.2, 0) is 4.79 Å². The molecule has 60 valence electrons. The number of carbonyl (C=O) groups excluding carboxylic acids is 1. The van der Waals surface area contributed by atoms with Crippen LogP contribution in [-0.4, -0.2) is 5.91 Å². The number of carbonyl (C=O) groups is 1. The van der Waals surface area contributed by atoms with Crippen LogP contribution in [0.5, 0.6) is 0 Å². The standard InChI is InChI=1S/C8H17NO/c1-3-5-7(4-2)6-8(9)10/h7H,3-6H2,1-2H3,(H2,9,10). The zero-order chi connectivity index (χ0) is 7.98. The van der Waals surface area contributed by atoms with E-state index in [2.05, 4.69) is 13.8 Å². The predicted molar refractivity (Wildman–Crippen MR) is 42.5 cm³/mol. The van der Waals surface area contributed by atoms with Crippen LogP contribution >= 0.6 is 0 Å². The fourth-order valence-corrected chi connectivity index (χ4v) is 1.14. The van der Waals surface area contributed by atoms with Crippen LogP contribution in [0.2, 0.25) is 0 Å². The van der Waals surface area contributed by atoms with Gasteiger partial charge in [-0.25, -0.2) is 0 Å². The number of primary amides is 1. The summed E-state index contributed by atoms with van der Waals surface area (Å²) in [6, 6.07) is 0. The van der Waals surface area contributed by atoms with E-state index in [0.29, 0.717) is 12.3 Å². The maximum Gasteiger partial charge on any atom is 0.217 e. The van der Waals surface area contributed by atoms with Gasteiger partial charge in [0.05, 0.1) is 0 Å². The Morgan fingerprint density at radius 3 is 2.40 bits per heavy atom. The van der Waals surface area contributed by atoms with Gasteiger partial charge in [0.2, 0.25) is 5.91 Å². The molecule has 0 saturated heterocycles. The summed E-state index contributed by atoms with van der Waals surface area (Å²) in [6.45, 7) is 4.23. The molecule has 0 spiro atoms. The van der Waals surface area contributed by atoms with Gasteiger partial charge < -0.3 is 5.73 Å². The molecule has 2 N–H and O–H groups in total. The van der Waals surface area contributed by atoms with Gasteiger partial charge in [-0.15, -0.1) is 0 Å². The minimum absolute atomic E-state index is 0.166. The van der Waals surface area contributed by atoms with Gasteiger partial charge in [-0.3, -0.25) is 4.79 Å². The van der Waals surface area contributed by atoms with E-state index in [1.807, 2.05) is 0 Å². The van der Waals surface area contributed by atoms with Crippen LogP contribution in [0.3, 0.4) is 0 Å². The van der Waals surface area contributed by atoms with E-state index in [-0.39, 0.29) is 5.91 Å². The molecule has 2 heteroatoms. The Morgan fingerprint density at radius 2 is 2.10 bits per heavy atom. The van der Waals surface area contributed by atoms with Gasteiger partial charge in [0, 0.05) is 6.42 Å². The van der Waals surface area contributed by atoms with Gasteiger partial charge in [-0.1, -0.05) is 33.1 Å². The third-order valence-electron chi connectivity index (χ3n) is 1.76. The first-order valence-corrected chi connectivity index (χ1v) is 3.99. The van der Waals surface area contributed by atoms with Crippen LogP contribution in [0.15, 0.2) is 0 Å². The number of amides is 1. The topological polar surface area (TPSA) is 43.1 Å². The SMILES string of the molecule is CCCC(CC)CC(N)=O. The van der Waals surface area contributed by atoms with E-state index in [4.69, 9.17) is 5.73 Å². The predicted octanol–water partition coefficient (Wildman–Crippen LogP) is 1.69. The van der Waals surface area contributed by atoms with Gasteiger partial charge in [0.1, 0.15) is 0 Å². The minimum atomic E-state index is -0.166. The third-order valence-corrected chi connectivity index (χ3v) is 1.76. The first-order valence-electron chi connectivity index (χ1n) is 3.99. The Bertz CT molecular complexity index is 101. The highest BCUT2D eigenvalue weighted by Gasteiger charge is 2.07. The van der Waals surface area contributed by atoms with Gasteiger partial charge in [-0.2, -0.15) is 0 Å². The summed E-state index contributed by atoms with van der Waals surface area (Å²) in [6.07, 6.45) is 3.90. The zero-order valence-electron chi connectivity index (χ0n) is 6.89. The fourth-order valence-electron chi connectivity index (χ4n) is 1.14. The van der Waals surface area contributed by atoms with Crippen LogP contribution < -0.4 is 5.73 Å². The molecule has 0 heterocycles. The van der Waals surface area contributed by atoms with E-state index in [9.17, 15) is 4.79 Å². The molecule has 0 bridgehead atoms. The van der Waals surface area contributed by atoms with Crippen molar-refractivity contribution in [3.63, 3.8) is 0 Å². The molecule has 0 aliphatic rings. The Morgan fingerprint density at radius 1 is 1.50 bits per heavy atom. The van der Waals surface area contributed by atoms with Crippen LogP contribution in [0, 0.1) is 5.92 Å². The number of rotatable bonds is 5. The molecule has 0 aromatic rings. The normalized spacial score (nSPS) is 13.0. The second kappa shape index (κ2) is 5.27. The van der Waals surface area contributed by atoms with E-state index >= 15 is 0 Å². The Labute approximate surface area is 62.8 Å². The first-order chi connectivity index (χ1) is 4.70. The van der Waals surface area contributed by atoms with E-state index in [1.165, 1.54) is 0 Å². The molecule has 0 radical (unpaired) electrons. The lowest BCUT2D eigenvalue weighted by molar-refractivity contribution is -0.119. The molecule has 0 saturated carbocycles. The van der Waals surface area contributed by atoms with Crippen molar-refractivity contribution in [2.75, 3.05) is 0 Å². The average molecular weight is 143 g/mol. The Hall–Kier alpha value is -0.530. The van der Waals surface area contributed by atoms with Crippen molar-refractivity contribution >= 4 is 5.91 Å². The molecule has 10 heavy (non-hydrogen) atoms. The highest BCUT2D eigenvalue weighted by atomic mass is 16.1. The number of nitrogens with two attached hydrogens (primary N) is 1. The van der Waals surface area contributed by atoms with E-state index in [0.717, 1.165) is 19.3 Å². The Kier molecular flexibility index (Phi) is 4.99. The third kappa shape index (κ3) is 4.36. The monoisotopic (exact) mass is 143 g/mol. The summed E-state index contributed by atoms with van der Waals surface area (Å²) in [5.74, 6) is 0.350. The lowest BCUT2D eigenvalue weighted by Crippen LogP contribution is -2.15.